The average Bonchev–Trinajstić information content (AvgIpc) is 2.62. The normalized spacial score (nSPS) is 10.0. The molecule has 3 aromatic carbocycles. The van der Waals surface area contributed by atoms with Gasteiger partial charge in [-0.3, -0.25) is 4.42 Å². The van der Waals surface area contributed by atoms with E-state index in [0.717, 1.165) is 11.1 Å². The first-order valence-electron chi connectivity index (χ1n) is 7.09. The number of hydrogen-bond donors (Lipinski definition) is 0. The molecule has 0 bridgehead atoms. The highest BCUT2D eigenvalue weighted by Gasteiger charge is 2.22. The fourth-order valence-corrected chi connectivity index (χ4v) is 2.19. The van der Waals surface area contributed by atoms with Crippen molar-refractivity contribution in [3.8, 4) is 0 Å². The minimum absolute atomic E-state index is 0.358. The Morgan fingerprint density at radius 1 is 0.545 bits per heavy atom. The van der Waals surface area contributed by atoms with Crippen LogP contribution in [-0.2, 0) is 0 Å². The Balaban J connectivity index is 2.06. The Bertz CT molecular complexity index is 734. The van der Waals surface area contributed by atoms with Gasteiger partial charge >= 0.3 is 5.97 Å². The summed E-state index contributed by atoms with van der Waals surface area (Å²) in [6.45, 7) is 0. The van der Waals surface area contributed by atoms with Crippen LogP contribution in [0.15, 0.2) is 91.0 Å². The van der Waals surface area contributed by atoms with Crippen molar-refractivity contribution < 1.29 is 9.22 Å². The van der Waals surface area contributed by atoms with E-state index in [1.165, 1.54) is 0 Å². The lowest BCUT2D eigenvalue weighted by molar-refractivity contribution is -0.166. The van der Waals surface area contributed by atoms with Crippen LogP contribution in [0.5, 0.6) is 0 Å². The molecule has 2 heteroatoms. The molecule has 3 aromatic rings. The summed E-state index contributed by atoms with van der Waals surface area (Å²) >= 11 is 0. The predicted molar refractivity (Wildman–Crippen MR) is 87.1 cm³/mol. The summed E-state index contributed by atoms with van der Waals surface area (Å²) in [4.78, 5) is 12.4. The Hall–Kier alpha value is -3.00. The molecule has 0 aliphatic carbocycles. The molecule has 0 aromatic heterocycles. The van der Waals surface area contributed by atoms with Crippen molar-refractivity contribution in [2.75, 3.05) is 0 Å². The summed E-state index contributed by atoms with van der Waals surface area (Å²) in [7, 11) is 0. The van der Waals surface area contributed by atoms with E-state index < -0.39 is 0 Å². The highest BCUT2D eigenvalue weighted by Crippen LogP contribution is 2.12. The van der Waals surface area contributed by atoms with Gasteiger partial charge in [0.15, 0.2) is 0 Å². The van der Waals surface area contributed by atoms with Crippen molar-refractivity contribution in [2.45, 2.75) is 0 Å². The van der Waals surface area contributed by atoms with Crippen molar-refractivity contribution in [3.05, 3.63) is 108 Å². The second kappa shape index (κ2) is 6.64. The highest BCUT2D eigenvalue weighted by molar-refractivity contribution is 6.11. The predicted octanol–water partition coefficient (Wildman–Crippen LogP) is 4.29. The zero-order valence-electron chi connectivity index (χ0n) is 12.0. The van der Waals surface area contributed by atoms with Crippen molar-refractivity contribution in [1.82, 2.24) is 0 Å². The molecule has 0 aliphatic heterocycles. The van der Waals surface area contributed by atoms with Gasteiger partial charge in [0.1, 0.15) is 5.56 Å². The van der Waals surface area contributed by atoms with E-state index in [2.05, 4.69) is 0 Å². The Labute approximate surface area is 129 Å². The third-order valence-electron chi connectivity index (χ3n) is 3.28. The number of hydrogen-bond acceptors (Lipinski definition) is 1. The summed E-state index contributed by atoms with van der Waals surface area (Å²) in [5.41, 5.74) is 2.28. The Kier molecular flexibility index (Phi) is 4.21. The lowest BCUT2D eigenvalue weighted by Gasteiger charge is -2.00. The second-order valence-corrected chi connectivity index (χ2v) is 4.82. The highest BCUT2D eigenvalue weighted by atomic mass is 16.5. The van der Waals surface area contributed by atoms with Gasteiger partial charge in [0.05, 0.1) is 4.79 Å². The van der Waals surface area contributed by atoms with Crippen LogP contribution in [0, 0.1) is 0 Å². The first-order chi connectivity index (χ1) is 10.8. The van der Waals surface area contributed by atoms with E-state index >= 15 is 0 Å². The Morgan fingerprint density at radius 3 is 1.32 bits per heavy atom. The first-order valence-corrected chi connectivity index (χ1v) is 7.09. The first kappa shape index (κ1) is 14.0. The van der Waals surface area contributed by atoms with Crippen LogP contribution in [0.25, 0.3) is 0 Å². The number of carbonyl (C=O) groups excluding carboxylic acids is 2. The van der Waals surface area contributed by atoms with Crippen molar-refractivity contribution in [1.29, 1.82) is 0 Å². The topological polar surface area (TPSA) is 28.4 Å². The van der Waals surface area contributed by atoms with Gasteiger partial charge in [-0.2, -0.15) is 0 Å². The minimum Gasteiger partial charge on any atom is -0.267 e. The van der Waals surface area contributed by atoms with Gasteiger partial charge in [-0.15, -0.1) is 0 Å². The van der Waals surface area contributed by atoms with Crippen LogP contribution < -0.4 is 0 Å². The quantitative estimate of drug-likeness (QED) is 0.521. The lowest BCUT2D eigenvalue weighted by Crippen LogP contribution is -2.08. The molecule has 0 N–H and O–H groups in total. The zero-order chi connectivity index (χ0) is 15.2. The SMILES string of the molecule is O=C([O+]=C(c1ccccc1)c1ccccc1)c1ccccc1. The van der Waals surface area contributed by atoms with E-state index in [9.17, 15) is 4.79 Å². The largest absolute Gasteiger partial charge is 0.613 e. The van der Waals surface area contributed by atoms with Crippen molar-refractivity contribution in [2.24, 2.45) is 0 Å². The lowest BCUT2D eigenvalue weighted by atomic mass is 10.0. The third-order valence-corrected chi connectivity index (χ3v) is 3.28. The maximum atomic E-state index is 12.4. The van der Waals surface area contributed by atoms with Crippen LogP contribution in [0.4, 0.5) is 0 Å². The maximum Gasteiger partial charge on any atom is 0.613 e. The second-order valence-electron chi connectivity index (χ2n) is 4.82. The summed E-state index contributed by atoms with van der Waals surface area (Å²) in [5, 5.41) is 0. The molecule has 0 fully saturated rings. The molecule has 3 rings (SSSR count). The van der Waals surface area contributed by atoms with Gasteiger partial charge in [-0.25, -0.2) is 0 Å². The number of benzene rings is 3. The van der Waals surface area contributed by atoms with Crippen LogP contribution in [0.2, 0.25) is 0 Å². The molecule has 0 heterocycles. The van der Waals surface area contributed by atoms with Gasteiger partial charge in [0.2, 0.25) is 0 Å². The molecule has 0 amide bonds. The molecule has 0 aliphatic rings. The van der Waals surface area contributed by atoms with E-state index in [0.29, 0.717) is 11.3 Å². The van der Waals surface area contributed by atoms with Crippen LogP contribution in [-0.4, -0.2) is 11.8 Å². The molecule has 2 nitrogen and oxygen atoms in total. The fourth-order valence-electron chi connectivity index (χ4n) is 2.19. The maximum absolute atomic E-state index is 12.4. The molecule has 0 unspecified atom stereocenters. The minimum atomic E-state index is -0.358. The van der Waals surface area contributed by atoms with Gasteiger partial charge in [0, 0.05) is 11.1 Å². The summed E-state index contributed by atoms with van der Waals surface area (Å²) < 4.78 is 5.69. The van der Waals surface area contributed by atoms with Gasteiger partial charge in [0.25, 0.3) is 5.78 Å². The Morgan fingerprint density at radius 2 is 0.909 bits per heavy atom. The molecule has 0 radical (unpaired) electrons. The molecular formula is C20H15O2+. The molecule has 106 valence electrons. The average molecular weight is 287 g/mol. The van der Waals surface area contributed by atoms with E-state index in [4.69, 9.17) is 4.42 Å². The molecule has 0 saturated heterocycles. The van der Waals surface area contributed by atoms with Crippen LogP contribution >= 0.6 is 0 Å². The molecule has 0 spiro atoms. The third kappa shape index (κ3) is 3.18. The summed E-state index contributed by atoms with van der Waals surface area (Å²) in [6, 6.07) is 28.3. The molecule has 0 atom stereocenters. The van der Waals surface area contributed by atoms with E-state index in [1.54, 1.807) is 12.1 Å². The summed E-state index contributed by atoms with van der Waals surface area (Å²) in [6.07, 6.45) is 0. The fraction of sp³-hybridized carbons (Fsp3) is 0. The zero-order valence-corrected chi connectivity index (χ0v) is 12.0. The monoisotopic (exact) mass is 287 g/mol. The molecular weight excluding hydrogens is 272 g/mol. The van der Waals surface area contributed by atoms with E-state index in [1.807, 2.05) is 78.9 Å². The standard InChI is InChI=1S/C20H15O2/c21-20(18-14-8-3-9-15-18)22-19(16-10-4-1-5-11-16)17-12-6-2-7-13-17/h1-15H/q+1. The number of carbonyl (C=O) groups is 1. The number of ketones is 1. The van der Waals surface area contributed by atoms with Crippen molar-refractivity contribution in [3.63, 3.8) is 0 Å². The van der Waals surface area contributed by atoms with E-state index in [-0.39, 0.29) is 5.97 Å². The van der Waals surface area contributed by atoms with Gasteiger partial charge < -0.3 is 0 Å². The van der Waals surface area contributed by atoms with Gasteiger partial charge in [-0.05, 0) is 36.4 Å². The van der Waals surface area contributed by atoms with Crippen molar-refractivity contribution >= 4 is 11.8 Å². The number of rotatable bonds is 3. The van der Waals surface area contributed by atoms with Crippen LogP contribution in [0.3, 0.4) is 0 Å². The van der Waals surface area contributed by atoms with Gasteiger partial charge in [-0.1, -0.05) is 54.6 Å². The molecule has 0 saturated carbocycles. The van der Waals surface area contributed by atoms with Crippen LogP contribution in [0.1, 0.15) is 25.9 Å². The smallest absolute Gasteiger partial charge is 0.267 e. The summed E-state index contributed by atoms with van der Waals surface area (Å²) in [5.74, 6) is 0.207. The molecule has 22 heavy (non-hydrogen) atoms.